The number of carbonyl (C=O) groups is 2. The van der Waals surface area contributed by atoms with Crippen LogP contribution >= 0.6 is 0 Å². The van der Waals surface area contributed by atoms with Crippen LogP contribution in [0.4, 0.5) is 0 Å². The topological polar surface area (TPSA) is 49.4 Å². The highest BCUT2D eigenvalue weighted by atomic mass is 16.2. The molecule has 0 unspecified atom stereocenters. The van der Waals surface area contributed by atoms with E-state index in [9.17, 15) is 9.59 Å². The molecule has 2 aliphatic carbocycles. The lowest BCUT2D eigenvalue weighted by atomic mass is 10.1. The Bertz CT molecular complexity index is 605. The number of amides is 2. The summed E-state index contributed by atoms with van der Waals surface area (Å²) in [6.07, 6.45) is 0. The zero-order chi connectivity index (χ0) is 14.0. The summed E-state index contributed by atoms with van der Waals surface area (Å²) < 4.78 is 0. The molecule has 2 aliphatic rings. The Labute approximate surface area is 112 Å². The summed E-state index contributed by atoms with van der Waals surface area (Å²) in [4.78, 5) is 25.6. The molecule has 2 rings (SSSR count). The van der Waals surface area contributed by atoms with E-state index in [1.54, 1.807) is 27.2 Å². The molecule has 0 aromatic carbocycles. The van der Waals surface area contributed by atoms with Crippen molar-refractivity contribution in [1.29, 1.82) is 0 Å². The van der Waals surface area contributed by atoms with Crippen LogP contribution in [-0.4, -0.2) is 37.9 Å². The van der Waals surface area contributed by atoms with Gasteiger partial charge >= 0.3 is 0 Å². The number of nitrogens with one attached hydrogen (secondary N) is 1. The first kappa shape index (κ1) is 13.1. The molecule has 98 valence electrons. The molecular formula is C15H16N2O2. The second-order valence-corrected chi connectivity index (χ2v) is 4.49. The Morgan fingerprint density at radius 2 is 1.58 bits per heavy atom. The first-order valence-electron chi connectivity index (χ1n) is 6.01. The highest BCUT2D eigenvalue weighted by Crippen LogP contribution is 2.32. The first-order chi connectivity index (χ1) is 9.06. The summed E-state index contributed by atoms with van der Waals surface area (Å²) >= 11 is 0. The third-order valence-corrected chi connectivity index (χ3v) is 3.02. The van der Waals surface area contributed by atoms with E-state index in [1.165, 1.54) is 4.90 Å². The van der Waals surface area contributed by atoms with Gasteiger partial charge in [0.1, 0.15) is 0 Å². The van der Waals surface area contributed by atoms with E-state index in [-0.39, 0.29) is 11.8 Å². The van der Waals surface area contributed by atoms with Crippen LogP contribution in [0.2, 0.25) is 0 Å². The predicted molar refractivity (Wildman–Crippen MR) is 74.5 cm³/mol. The largest absolute Gasteiger partial charge is 0.355 e. The summed E-state index contributed by atoms with van der Waals surface area (Å²) in [6, 6.07) is 11.0. The zero-order valence-electron chi connectivity index (χ0n) is 11.2. The van der Waals surface area contributed by atoms with Crippen LogP contribution in [0, 0.1) is 0 Å². The molecule has 4 heteroatoms. The van der Waals surface area contributed by atoms with Gasteiger partial charge in [-0.15, -0.1) is 0 Å². The molecule has 4 nitrogen and oxygen atoms in total. The molecule has 0 radical (unpaired) electrons. The molecule has 0 aliphatic heterocycles. The van der Waals surface area contributed by atoms with Crippen LogP contribution in [0.1, 0.15) is 20.7 Å². The second-order valence-electron chi connectivity index (χ2n) is 4.49. The predicted octanol–water partition coefficient (Wildman–Crippen LogP) is 1.85. The van der Waals surface area contributed by atoms with Crippen molar-refractivity contribution in [3.63, 3.8) is 0 Å². The number of rotatable bonds is 2. The Morgan fingerprint density at radius 1 is 1.00 bits per heavy atom. The average Bonchev–Trinajstić information content (AvgIpc) is 2.59. The SMILES string of the molecule is CNC(=O)c1cc(C(=O)N(C)C)c2cccccc1-2. The minimum absolute atomic E-state index is 0.105. The standard InChI is InChI=1S/C15H16N2O2/c1-16-14(18)12-9-13(15(19)17(2)3)11-8-6-4-5-7-10(11)12/h4-9H,1-3H3,(H,16,18). The molecule has 1 N–H and O–H groups in total. The van der Waals surface area contributed by atoms with Crippen molar-refractivity contribution in [2.75, 3.05) is 21.1 Å². The number of hydrogen-bond donors (Lipinski definition) is 1. The third kappa shape index (κ3) is 2.29. The van der Waals surface area contributed by atoms with Gasteiger partial charge < -0.3 is 10.2 Å². The molecule has 0 saturated carbocycles. The second kappa shape index (κ2) is 5.10. The van der Waals surface area contributed by atoms with Crippen LogP contribution in [0.15, 0.2) is 36.4 Å². The van der Waals surface area contributed by atoms with Crippen molar-refractivity contribution in [2.45, 2.75) is 0 Å². The Kier molecular flexibility index (Phi) is 3.51. The van der Waals surface area contributed by atoms with Gasteiger partial charge in [0.05, 0.1) is 0 Å². The van der Waals surface area contributed by atoms with Crippen LogP contribution in [0.3, 0.4) is 0 Å². The number of fused-ring (bicyclic) bond motifs is 1. The van der Waals surface area contributed by atoms with Crippen molar-refractivity contribution >= 4 is 11.8 Å². The fourth-order valence-corrected chi connectivity index (χ4v) is 2.06. The number of hydrogen-bond acceptors (Lipinski definition) is 2. The van der Waals surface area contributed by atoms with Crippen molar-refractivity contribution in [3.8, 4) is 11.1 Å². The smallest absolute Gasteiger partial charge is 0.253 e. The summed E-state index contributed by atoms with van der Waals surface area (Å²) in [5.74, 6) is -0.291. The van der Waals surface area contributed by atoms with Crippen LogP contribution in [0.5, 0.6) is 0 Å². The number of nitrogens with zero attached hydrogens (tertiary/aromatic N) is 1. The van der Waals surface area contributed by atoms with E-state index < -0.39 is 0 Å². The van der Waals surface area contributed by atoms with Gasteiger partial charge in [-0.1, -0.05) is 30.3 Å². The molecule has 19 heavy (non-hydrogen) atoms. The molecule has 0 atom stereocenters. The van der Waals surface area contributed by atoms with E-state index in [0.717, 1.165) is 11.1 Å². The van der Waals surface area contributed by atoms with Gasteiger partial charge in [-0.05, 0) is 17.2 Å². The molecule has 0 bridgehead atoms. The maximum Gasteiger partial charge on any atom is 0.253 e. The van der Waals surface area contributed by atoms with Gasteiger partial charge in [0.25, 0.3) is 11.8 Å². The first-order valence-corrected chi connectivity index (χ1v) is 6.01. The van der Waals surface area contributed by atoms with Crippen molar-refractivity contribution < 1.29 is 9.59 Å². The van der Waals surface area contributed by atoms with Crippen LogP contribution in [-0.2, 0) is 0 Å². The molecule has 0 aromatic rings. The monoisotopic (exact) mass is 256 g/mol. The van der Waals surface area contributed by atoms with Crippen molar-refractivity contribution in [1.82, 2.24) is 10.2 Å². The molecule has 0 heterocycles. The normalized spacial score (nSPS) is 10.3. The molecule has 0 aromatic heterocycles. The van der Waals surface area contributed by atoms with Gasteiger partial charge in [0.2, 0.25) is 0 Å². The lowest BCUT2D eigenvalue weighted by Gasteiger charge is -2.09. The summed E-state index contributed by atoms with van der Waals surface area (Å²) in [7, 11) is 4.98. The lowest BCUT2D eigenvalue weighted by Crippen LogP contribution is -2.21. The molecular weight excluding hydrogens is 240 g/mol. The van der Waals surface area contributed by atoms with Crippen LogP contribution < -0.4 is 5.32 Å². The third-order valence-electron chi connectivity index (χ3n) is 3.02. The van der Waals surface area contributed by atoms with Gasteiger partial charge in [0, 0.05) is 32.3 Å². The molecule has 2 amide bonds. The van der Waals surface area contributed by atoms with Crippen molar-refractivity contribution in [3.05, 3.63) is 47.5 Å². The average molecular weight is 256 g/mol. The zero-order valence-corrected chi connectivity index (χ0v) is 11.2. The van der Waals surface area contributed by atoms with E-state index in [2.05, 4.69) is 5.32 Å². The Balaban J connectivity index is 2.68. The summed E-state index contributed by atoms with van der Waals surface area (Å²) in [5.41, 5.74) is 2.66. The minimum atomic E-state index is -0.186. The van der Waals surface area contributed by atoms with Gasteiger partial charge in [0.15, 0.2) is 0 Å². The summed E-state index contributed by atoms with van der Waals surface area (Å²) in [6.45, 7) is 0. The van der Waals surface area contributed by atoms with Crippen molar-refractivity contribution in [2.24, 2.45) is 0 Å². The van der Waals surface area contributed by atoms with Gasteiger partial charge in [-0.3, -0.25) is 9.59 Å². The summed E-state index contributed by atoms with van der Waals surface area (Å²) in [5, 5.41) is 2.60. The molecule has 0 fully saturated rings. The van der Waals surface area contributed by atoms with Gasteiger partial charge in [-0.25, -0.2) is 0 Å². The fraction of sp³-hybridized carbons (Fsp3) is 0.200. The maximum absolute atomic E-state index is 12.2. The van der Waals surface area contributed by atoms with E-state index in [1.807, 2.05) is 30.3 Å². The highest BCUT2D eigenvalue weighted by molar-refractivity contribution is 6.10. The van der Waals surface area contributed by atoms with E-state index >= 15 is 0 Å². The molecule has 0 saturated heterocycles. The minimum Gasteiger partial charge on any atom is -0.355 e. The van der Waals surface area contributed by atoms with E-state index in [0.29, 0.717) is 11.1 Å². The van der Waals surface area contributed by atoms with Gasteiger partial charge in [-0.2, -0.15) is 0 Å². The number of carbonyl (C=O) groups excluding carboxylic acids is 2. The quantitative estimate of drug-likeness (QED) is 0.891. The Hall–Kier alpha value is -2.36. The highest BCUT2D eigenvalue weighted by Gasteiger charge is 2.23. The molecule has 0 spiro atoms. The van der Waals surface area contributed by atoms with E-state index in [4.69, 9.17) is 0 Å². The Morgan fingerprint density at radius 3 is 2.11 bits per heavy atom. The van der Waals surface area contributed by atoms with Crippen LogP contribution in [0.25, 0.3) is 11.1 Å². The lowest BCUT2D eigenvalue weighted by molar-refractivity contribution is 0.0828. The fourth-order valence-electron chi connectivity index (χ4n) is 2.06. The maximum atomic E-state index is 12.2.